The molecule has 0 heterocycles. The van der Waals surface area contributed by atoms with Crippen LogP contribution in [-0.2, 0) is 0 Å². The van der Waals surface area contributed by atoms with Gasteiger partial charge in [0.1, 0.15) is 0 Å². The number of hydrogen-bond donors (Lipinski definition) is 2. The fourth-order valence-electron chi connectivity index (χ4n) is 1.00. The summed E-state index contributed by atoms with van der Waals surface area (Å²) >= 11 is 0. The van der Waals surface area contributed by atoms with Crippen molar-refractivity contribution in [3.05, 3.63) is 0 Å². The van der Waals surface area contributed by atoms with Gasteiger partial charge in [-0.3, -0.25) is 0 Å². The minimum atomic E-state index is -0.161. The second kappa shape index (κ2) is 2.34. The van der Waals surface area contributed by atoms with Crippen molar-refractivity contribution in [1.29, 1.82) is 10.8 Å². The summed E-state index contributed by atoms with van der Waals surface area (Å²) in [6, 6.07) is 0. The highest BCUT2D eigenvalue weighted by molar-refractivity contribution is 6.49. The Labute approximate surface area is 56.1 Å². The molecule has 1 rings (SSSR count). The first-order valence-electron chi connectivity index (χ1n) is 3.13. The molecule has 46 valence electrons. The van der Waals surface area contributed by atoms with Crippen LogP contribution in [-0.4, -0.2) is 19.3 Å². The van der Waals surface area contributed by atoms with E-state index < -0.39 is 0 Å². The Morgan fingerprint density at radius 1 is 1.44 bits per heavy atom. The van der Waals surface area contributed by atoms with Gasteiger partial charge in [0.15, 0.2) is 0 Å². The minimum Gasteiger partial charge on any atom is -0.304 e. The quantitative estimate of drug-likeness (QED) is 0.450. The summed E-state index contributed by atoms with van der Waals surface area (Å²) in [7, 11) is 5.50. The molecule has 0 bridgehead atoms. The van der Waals surface area contributed by atoms with Crippen LogP contribution in [0.25, 0.3) is 0 Å². The van der Waals surface area contributed by atoms with Gasteiger partial charge in [0.2, 0.25) is 0 Å². The van der Waals surface area contributed by atoms with Gasteiger partial charge in [0, 0.05) is 5.71 Å². The topological polar surface area (TPSA) is 47.7 Å². The monoisotopic (exact) mass is 120 g/mol. The summed E-state index contributed by atoms with van der Waals surface area (Å²) in [6.45, 7) is 0. The Balaban J connectivity index is 2.62. The van der Waals surface area contributed by atoms with Crippen LogP contribution in [0.1, 0.15) is 19.3 Å². The molecule has 1 fully saturated rings. The van der Waals surface area contributed by atoms with Gasteiger partial charge in [-0.15, -0.1) is 0 Å². The average molecular weight is 120 g/mol. The van der Waals surface area contributed by atoms with Crippen LogP contribution in [0.3, 0.4) is 0 Å². The summed E-state index contributed by atoms with van der Waals surface area (Å²) in [5.41, 5.74) is 0.759. The Morgan fingerprint density at radius 2 is 2.11 bits per heavy atom. The lowest BCUT2D eigenvalue weighted by atomic mass is 9.73. The molecule has 3 heteroatoms. The van der Waals surface area contributed by atoms with E-state index in [4.69, 9.17) is 18.7 Å². The van der Waals surface area contributed by atoms with Crippen LogP contribution >= 0.6 is 0 Å². The number of nitrogens with one attached hydrogen (secondary N) is 2. The molecule has 9 heavy (non-hydrogen) atoms. The molecule has 0 spiro atoms. The fourth-order valence-corrected chi connectivity index (χ4v) is 1.00. The third-order valence-corrected chi connectivity index (χ3v) is 1.64. The molecule has 2 N–H and O–H groups in total. The van der Waals surface area contributed by atoms with Gasteiger partial charge in [0.05, 0.1) is 13.6 Å². The van der Waals surface area contributed by atoms with Crippen molar-refractivity contribution in [2.45, 2.75) is 25.1 Å². The smallest absolute Gasteiger partial charge is 0.0785 e. The molecule has 0 aliphatic heterocycles. The normalized spacial score (nSPS) is 28.7. The standard InChI is InChI=1S/C6H9BN2/c7-4-2-1-3-5(8)6(4)9/h4,8-9H,1-3H2. The van der Waals surface area contributed by atoms with E-state index in [1.807, 2.05) is 0 Å². The van der Waals surface area contributed by atoms with Gasteiger partial charge < -0.3 is 10.8 Å². The zero-order chi connectivity index (χ0) is 6.85. The third-order valence-electron chi connectivity index (χ3n) is 1.64. The fraction of sp³-hybridized carbons (Fsp3) is 0.667. The average Bonchev–Trinajstić information content (AvgIpc) is 1.83. The second-order valence-electron chi connectivity index (χ2n) is 2.39. The highest BCUT2D eigenvalue weighted by atomic mass is 14.5. The Hall–Kier alpha value is -0.595. The van der Waals surface area contributed by atoms with E-state index in [9.17, 15) is 0 Å². The lowest BCUT2D eigenvalue weighted by Gasteiger charge is -2.19. The van der Waals surface area contributed by atoms with Gasteiger partial charge in [0.25, 0.3) is 0 Å². The van der Waals surface area contributed by atoms with E-state index in [1.54, 1.807) is 0 Å². The van der Waals surface area contributed by atoms with Gasteiger partial charge in [-0.1, -0.05) is 6.42 Å². The van der Waals surface area contributed by atoms with E-state index in [0.29, 0.717) is 11.4 Å². The van der Waals surface area contributed by atoms with Crippen molar-refractivity contribution in [3.8, 4) is 0 Å². The SMILES string of the molecule is [B]C1CCCC(=N)C1=N. The number of hydrogen-bond acceptors (Lipinski definition) is 2. The van der Waals surface area contributed by atoms with E-state index >= 15 is 0 Å². The summed E-state index contributed by atoms with van der Waals surface area (Å²) in [5.74, 6) is -0.161. The lowest BCUT2D eigenvalue weighted by Crippen LogP contribution is -2.22. The van der Waals surface area contributed by atoms with Crippen molar-refractivity contribution in [2.24, 2.45) is 0 Å². The van der Waals surface area contributed by atoms with Crippen LogP contribution in [0.2, 0.25) is 5.82 Å². The summed E-state index contributed by atoms with van der Waals surface area (Å²) in [5, 5.41) is 14.5. The molecule has 1 atom stereocenters. The Bertz CT molecular complexity index is 153. The molecule has 1 aliphatic carbocycles. The summed E-state index contributed by atoms with van der Waals surface area (Å²) in [6.07, 6.45) is 2.59. The zero-order valence-electron chi connectivity index (χ0n) is 5.28. The van der Waals surface area contributed by atoms with Crippen LogP contribution in [0.15, 0.2) is 0 Å². The van der Waals surface area contributed by atoms with Gasteiger partial charge >= 0.3 is 0 Å². The summed E-state index contributed by atoms with van der Waals surface area (Å²) in [4.78, 5) is 0. The second-order valence-corrected chi connectivity index (χ2v) is 2.39. The van der Waals surface area contributed by atoms with E-state index in [0.717, 1.165) is 19.3 Å². The molecule has 1 saturated carbocycles. The molecule has 0 aromatic carbocycles. The molecule has 1 aliphatic rings. The molecule has 0 aromatic heterocycles. The Kier molecular flexibility index (Phi) is 1.69. The van der Waals surface area contributed by atoms with Gasteiger partial charge in [-0.2, -0.15) is 0 Å². The highest BCUT2D eigenvalue weighted by Crippen LogP contribution is 2.19. The zero-order valence-corrected chi connectivity index (χ0v) is 5.28. The highest BCUT2D eigenvalue weighted by Gasteiger charge is 2.17. The molecule has 2 nitrogen and oxygen atoms in total. The van der Waals surface area contributed by atoms with Crippen LogP contribution in [0, 0.1) is 10.8 Å². The van der Waals surface area contributed by atoms with E-state index in [1.165, 1.54) is 0 Å². The number of rotatable bonds is 0. The maximum atomic E-state index is 7.25. The third kappa shape index (κ3) is 1.20. The predicted octanol–water partition coefficient (Wildman–Crippen LogP) is 1.17. The molecular weight excluding hydrogens is 111 g/mol. The molecule has 0 aromatic rings. The van der Waals surface area contributed by atoms with Gasteiger partial charge in [-0.25, -0.2) is 0 Å². The lowest BCUT2D eigenvalue weighted by molar-refractivity contribution is 0.770. The van der Waals surface area contributed by atoms with Crippen molar-refractivity contribution in [3.63, 3.8) is 0 Å². The molecule has 0 saturated heterocycles. The van der Waals surface area contributed by atoms with Crippen LogP contribution in [0.4, 0.5) is 0 Å². The van der Waals surface area contributed by atoms with E-state index in [2.05, 4.69) is 0 Å². The summed E-state index contributed by atoms with van der Waals surface area (Å²) < 4.78 is 0. The minimum absolute atomic E-state index is 0.161. The van der Waals surface area contributed by atoms with Crippen molar-refractivity contribution < 1.29 is 0 Å². The largest absolute Gasteiger partial charge is 0.304 e. The van der Waals surface area contributed by atoms with Crippen molar-refractivity contribution >= 4 is 19.3 Å². The molecule has 0 amide bonds. The maximum absolute atomic E-state index is 7.25. The molecule has 2 radical (unpaired) electrons. The first kappa shape index (κ1) is 6.52. The molecular formula is C6H9BN2. The predicted molar refractivity (Wildman–Crippen MR) is 38.8 cm³/mol. The first-order valence-corrected chi connectivity index (χ1v) is 3.13. The van der Waals surface area contributed by atoms with Crippen LogP contribution < -0.4 is 0 Å². The maximum Gasteiger partial charge on any atom is 0.0785 e. The van der Waals surface area contributed by atoms with Gasteiger partial charge in [-0.05, 0) is 18.7 Å². The molecule has 1 unspecified atom stereocenters. The first-order chi connectivity index (χ1) is 4.22. The van der Waals surface area contributed by atoms with Crippen molar-refractivity contribution in [1.82, 2.24) is 0 Å². The van der Waals surface area contributed by atoms with Crippen LogP contribution in [0.5, 0.6) is 0 Å². The van der Waals surface area contributed by atoms with Crippen molar-refractivity contribution in [2.75, 3.05) is 0 Å². The van der Waals surface area contributed by atoms with E-state index in [-0.39, 0.29) is 5.82 Å². The Morgan fingerprint density at radius 3 is 2.56 bits per heavy atom.